The summed E-state index contributed by atoms with van der Waals surface area (Å²) in [5.41, 5.74) is 5.23. The average molecular weight is 472 g/mol. The zero-order valence-electron chi connectivity index (χ0n) is 20.2. The first-order valence-electron chi connectivity index (χ1n) is 12.8. The van der Waals surface area contributed by atoms with Crippen LogP contribution in [0.25, 0.3) is 0 Å². The number of fused-ring (bicyclic) bond motifs is 1. The van der Waals surface area contributed by atoms with Crippen LogP contribution in [0.5, 0.6) is 5.75 Å². The minimum Gasteiger partial charge on any atom is -0.481 e. The van der Waals surface area contributed by atoms with Gasteiger partial charge in [-0.05, 0) is 85.9 Å². The summed E-state index contributed by atoms with van der Waals surface area (Å²) >= 11 is 0. The third-order valence-corrected chi connectivity index (χ3v) is 6.88. The first-order valence-corrected chi connectivity index (χ1v) is 12.8. The number of nitrogens with zero attached hydrogens (tertiary/aromatic N) is 1. The number of Topliss-reactive ketones (excluding diaryl/α,β-unsaturated/α-hetero) is 1. The number of rotatable bonds is 9. The lowest BCUT2D eigenvalue weighted by Crippen LogP contribution is -2.26. The van der Waals surface area contributed by atoms with Gasteiger partial charge in [0, 0.05) is 24.8 Å². The van der Waals surface area contributed by atoms with Gasteiger partial charge in [-0.2, -0.15) is 0 Å². The fourth-order valence-corrected chi connectivity index (χ4v) is 5.01. The summed E-state index contributed by atoms with van der Waals surface area (Å²) in [7, 11) is 0. The van der Waals surface area contributed by atoms with Crippen LogP contribution in [0.3, 0.4) is 0 Å². The number of hydrogen-bond donors (Lipinski definition) is 0. The lowest BCUT2D eigenvalue weighted by atomic mass is 9.85. The molecule has 0 radical (unpaired) electrons. The molecule has 1 aliphatic heterocycles. The van der Waals surface area contributed by atoms with E-state index in [1.165, 1.54) is 5.56 Å². The summed E-state index contributed by atoms with van der Waals surface area (Å²) in [6, 6.07) is 20.2. The lowest BCUT2D eigenvalue weighted by molar-refractivity contribution is -0.174. The van der Waals surface area contributed by atoms with Gasteiger partial charge in [0.05, 0.1) is 12.3 Å². The van der Waals surface area contributed by atoms with Gasteiger partial charge in [0.1, 0.15) is 5.75 Å². The first-order chi connectivity index (χ1) is 17.3. The van der Waals surface area contributed by atoms with E-state index in [9.17, 15) is 4.79 Å². The highest BCUT2D eigenvalue weighted by Gasteiger charge is 2.26. The van der Waals surface area contributed by atoms with Crippen LogP contribution in [0, 0.1) is 0 Å². The molecule has 2 aromatic carbocycles. The number of carbonyl (C=O) groups is 1. The van der Waals surface area contributed by atoms with E-state index in [0.29, 0.717) is 13.0 Å². The maximum absolute atomic E-state index is 12.7. The Morgan fingerprint density at radius 1 is 0.943 bits per heavy atom. The van der Waals surface area contributed by atoms with Gasteiger partial charge in [-0.3, -0.25) is 9.78 Å². The maximum atomic E-state index is 12.7. The van der Waals surface area contributed by atoms with Crippen LogP contribution in [0.1, 0.15) is 71.0 Å². The molecule has 0 bridgehead atoms. The minimum atomic E-state index is -0.366. The van der Waals surface area contributed by atoms with Crippen LogP contribution in [0.15, 0.2) is 66.9 Å². The molecule has 1 fully saturated rings. The molecular formula is C30H33NO4. The molecule has 0 saturated carbocycles. The van der Waals surface area contributed by atoms with Crippen LogP contribution in [0.2, 0.25) is 0 Å². The molecule has 1 aliphatic carbocycles. The molecule has 0 N–H and O–H groups in total. The van der Waals surface area contributed by atoms with Gasteiger partial charge < -0.3 is 14.2 Å². The lowest BCUT2D eigenvalue weighted by Gasteiger charge is -2.27. The van der Waals surface area contributed by atoms with Crippen molar-refractivity contribution in [1.82, 2.24) is 4.98 Å². The van der Waals surface area contributed by atoms with Gasteiger partial charge in [0.25, 0.3) is 0 Å². The molecule has 2 aliphatic rings. The Labute approximate surface area is 207 Å². The molecule has 0 amide bonds. The van der Waals surface area contributed by atoms with Gasteiger partial charge in [-0.1, -0.05) is 36.4 Å². The average Bonchev–Trinajstić information content (AvgIpc) is 2.92. The Bertz CT molecular complexity index is 1110. The Balaban J connectivity index is 1.42. The zero-order valence-corrected chi connectivity index (χ0v) is 20.2. The Kier molecular flexibility index (Phi) is 7.86. The van der Waals surface area contributed by atoms with Crippen LogP contribution in [0.4, 0.5) is 0 Å². The predicted octanol–water partition coefficient (Wildman–Crippen LogP) is 6.05. The van der Waals surface area contributed by atoms with E-state index in [2.05, 4.69) is 29.2 Å². The molecule has 2 heterocycles. The number of benzene rings is 2. The summed E-state index contributed by atoms with van der Waals surface area (Å²) in [4.78, 5) is 17.2. The molecule has 3 aromatic rings. The zero-order chi connectivity index (χ0) is 23.9. The number of ether oxygens (including phenoxy) is 3. The second-order valence-electron chi connectivity index (χ2n) is 9.32. The van der Waals surface area contributed by atoms with E-state index in [1.807, 2.05) is 36.4 Å². The SMILES string of the molecule is O=C1CCCc2c1ccc(OC(COC1CCCCO1)c1ccccn1)c2CCc1ccccc1. The van der Waals surface area contributed by atoms with E-state index in [0.717, 1.165) is 79.7 Å². The number of aromatic nitrogens is 1. The monoisotopic (exact) mass is 471 g/mol. The van der Waals surface area contributed by atoms with E-state index in [-0.39, 0.29) is 18.2 Å². The minimum absolute atomic E-state index is 0.197. The molecule has 35 heavy (non-hydrogen) atoms. The summed E-state index contributed by atoms with van der Waals surface area (Å²) in [5, 5.41) is 0. The molecule has 5 heteroatoms. The summed E-state index contributed by atoms with van der Waals surface area (Å²) < 4.78 is 18.6. The molecule has 1 aromatic heterocycles. The van der Waals surface area contributed by atoms with E-state index >= 15 is 0 Å². The van der Waals surface area contributed by atoms with E-state index in [1.54, 1.807) is 6.20 Å². The van der Waals surface area contributed by atoms with Gasteiger partial charge in [-0.15, -0.1) is 0 Å². The third-order valence-electron chi connectivity index (χ3n) is 6.88. The van der Waals surface area contributed by atoms with Gasteiger partial charge >= 0.3 is 0 Å². The number of pyridine rings is 1. The van der Waals surface area contributed by atoms with Gasteiger partial charge in [0.2, 0.25) is 0 Å². The highest BCUT2D eigenvalue weighted by Crippen LogP contribution is 2.35. The largest absolute Gasteiger partial charge is 0.481 e. The van der Waals surface area contributed by atoms with Crippen molar-refractivity contribution in [3.63, 3.8) is 0 Å². The summed E-state index contributed by atoms with van der Waals surface area (Å²) in [5.74, 6) is 1.05. The summed E-state index contributed by atoms with van der Waals surface area (Å²) in [6.45, 7) is 1.10. The van der Waals surface area contributed by atoms with Crippen molar-refractivity contribution in [3.8, 4) is 5.75 Å². The molecular weight excluding hydrogens is 438 g/mol. The van der Waals surface area contributed by atoms with Gasteiger partial charge in [0.15, 0.2) is 18.2 Å². The second-order valence-corrected chi connectivity index (χ2v) is 9.32. The molecule has 5 nitrogen and oxygen atoms in total. The van der Waals surface area contributed by atoms with Crippen molar-refractivity contribution >= 4 is 5.78 Å². The number of hydrogen-bond acceptors (Lipinski definition) is 5. The number of ketones is 1. The topological polar surface area (TPSA) is 57.7 Å². The Morgan fingerprint density at radius 2 is 1.83 bits per heavy atom. The maximum Gasteiger partial charge on any atom is 0.164 e. The molecule has 182 valence electrons. The predicted molar refractivity (Wildman–Crippen MR) is 135 cm³/mol. The van der Waals surface area contributed by atoms with Crippen molar-refractivity contribution < 1.29 is 19.0 Å². The van der Waals surface area contributed by atoms with Crippen molar-refractivity contribution in [2.75, 3.05) is 13.2 Å². The quantitative estimate of drug-likeness (QED) is 0.380. The van der Waals surface area contributed by atoms with Crippen LogP contribution in [-0.2, 0) is 28.7 Å². The van der Waals surface area contributed by atoms with E-state index in [4.69, 9.17) is 14.2 Å². The van der Waals surface area contributed by atoms with Crippen molar-refractivity contribution in [2.45, 2.75) is 63.8 Å². The summed E-state index contributed by atoms with van der Waals surface area (Å²) in [6.07, 6.45) is 8.44. The Hall–Kier alpha value is -3.02. The van der Waals surface area contributed by atoms with Crippen molar-refractivity contribution in [3.05, 3.63) is 94.8 Å². The van der Waals surface area contributed by atoms with Crippen molar-refractivity contribution in [2.24, 2.45) is 0 Å². The number of aryl methyl sites for hydroxylation is 1. The molecule has 2 atom stereocenters. The molecule has 0 spiro atoms. The highest BCUT2D eigenvalue weighted by molar-refractivity contribution is 5.99. The molecule has 2 unspecified atom stereocenters. The Morgan fingerprint density at radius 3 is 2.63 bits per heavy atom. The smallest absolute Gasteiger partial charge is 0.164 e. The fourth-order valence-electron chi connectivity index (χ4n) is 5.01. The fraction of sp³-hybridized carbons (Fsp3) is 0.400. The highest BCUT2D eigenvalue weighted by atomic mass is 16.7. The van der Waals surface area contributed by atoms with Crippen LogP contribution >= 0.6 is 0 Å². The molecule has 5 rings (SSSR count). The van der Waals surface area contributed by atoms with Gasteiger partial charge in [-0.25, -0.2) is 0 Å². The second kappa shape index (κ2) is 11.6. The standard InChI is InChI=1S/C30H33NO4/c32-27-13-8-11-23-24(27)17-18-28(25(23)16-15-22-9-2-1-3-10-22)35-29(26-12-4-6-19-31-26)21-34-30-14-5-7-20-33-30/h1-4,6,9-10,12,17-19,29-30H,5,7-8,11,13-16,20-21H2. The van der Waals surface area contributed by atoms with Crippen molar-refractivity contribution in [1.29, 1.82) is 0 Å². The third kappa shape index (κ3) is 5.98. The van der Waals surface area contributed by atoms with Crippen LogP contribution in [-0.4, -0.2) is 30.3 Å². The number of carbonyl (C=O) groups excluding carboxylic acids is 1. The first kappa shape index (κ1) is 23.7. The molecule has 1 saturated heterocycles. The normalized spacial score (nSPS) is 18.6. The van der Waals surface area contributed by atoms with Crippen LogP contribution < -0.4 is 4.74 Å². The van der Waals surface area contributed by atoms with E-state index < -0.39 is 0 Å².